The van der Waals surface area contributed by atoms with Crippen LogP contribution in [0.4, 0.5) is 0 Å². The molecule has 0 aliphatic carbocycles. The Morgan fingerprint density at radius 2 is 1.81 bits per heavy atom. The molecule has 2 aromatic carbocycles. The number of aromatic nitrogens is 1. The lowest BCUT2D eigenvalue weighted by atomic mass is 10.0. The topological polar surface area (TPSA) is 42.4 Å². The van der Waals surface area contributed by atoms with Gasteiger partial charge in [-0.25, -0.2) is 0 Å². The predicted octanol–water partition coefficient (Wildman–Crippen LogP) is 4.68. The molecule has 27 heavy (non-hydrogen) atoms. The molecule has 4 nitrogen and oxygen atoms in total. The van der Waals surface area contributed by atoms with Gasteiger partial charge in [0, 0.05) is 30.7 Å². The lowest BCUT2D eigenvalue weighted by Gasteiger charge is -2.29. The van der Waals surface area contributed by atoms with E-state index in [1.807, 2.05) is 60.5 Å². The van der Waals surface area contributed by atoms with E-state index in [0.717, 1.165) is 48.0 Å². The molecular formula is C23H24N2O2. The fourth-order valence-corrected chi connectivity index (χ4v) is 3.70. The Morgan fingerprint density at radius 3 is 2.59 bits per heavy atom. The van der Waals surface area contributed by atoms with Crippen LogP contribution in [0.2, 0.25) is 0 Å². The highest BCUT2D eigenvalue weighted by Gasteiger charge is 2.23. The maximum atomic E-state index is 12.6. The largest absolute Gasteiger partial charge is 0.481 e. The fraction of sp³-hybridized carbons (Fsp3) is 0.304. The number of fused-ring (bicyclic) bond motifs is 1. The van der Waals surface area contributed by atoms with Crippen molar-refractivity contribution >= 4 is 16.8 Å². The van der Waals surface area contributed by atoms with Gasteiger partial charge in [-0.3, -0.25) is 9.78 Å². The zero-order valence-electron chi connectivity index (χ0n) is 15.6. The Kier molecular flexibility index (Phi) is 5.05. The van der Waals surface area contributed by atoms with Crippen LogP contribution in [0.25, 0.3) is 22.0 Å². The summed E-state index contributed by atoms with van der Waals surface area (Å²) < 4.78 is 5.95. The number of nitrogens with zero attached hydrogens (tertiary/aromatic N) is 2. The van der Waals surface area contributed by atoms with E-state index in [0.29, 0.717) is 5.75 Å². The minimum absolute atomic E-state index is 0.0702. The van der Waals surface area contributed by atoms with Gasteiger partial charge in [-0.1, -0.05) is 30.3 Å². The monoisotopic (exact) mass is 360 g/mol. The summed E-state index contributed by atoms with van der Waals surface area (Å²) in [5.41, 5.74) is 3.17. The standard InChI is InChI=1S/C23H24N2O2/c1-17(23(26)25-14-6-3-7-15-25)27-19-10-11-21-20(12-13-24-22(21)16-19)18-8-4-2-5-9-18/h2,4-5,8-13,16-17H,3,6-7,14-15H2,1H3/t17-/m1/s1. The Morgan fingerprint density at radius 1 is 1.04 bits per heavy atom. The molecule has 3 aromatic rings. The second-order valence-electron chi connectivity index (χ2n) is 7.05. The highest BCUT2D eigenvalue weighted by molar-refractivity contribution is 5.95. The van der Waals surface area contributed by atoms with E-state index in [1.54, 1.807) is 0 Å². The van der Waals surface area contributed by atoms with Crippen LogP contribution in [0.15, 0.2) is 60.8 Å². The molecule has 0 bridgehead atoms. The Hall–Kier alpha value is -2.88. The number of hydrogen-bond donors (Lipinski definition) is 0. The van der Waals surface area contributed by atoms with Gasteiger partial charge in [-0.15, -0.1) is 0 Å². The molecule has 1 atom stereocenters. The number of ether oxygens (including phenoxy) is 1. The van der Waals surface area contributed by atoms with E-state index >= 15 is 0 Å². The van der Waals surface area contributed by atoms with Crippen LogP contribution in [-0.2, 0) is 4.79 Å². The molecule has 138 valence electrons. The van der Waals surface area contributed by atoms with Gasteiger partial charge in [0.15, 0.2) is 6.10 Å². The third-order valence-electron chi connectivity index (χ3n) is 5.13. The van der Waals surface area contributed by atoms with E-state index in [-0.39, 0.29) is 5.91 Å². The molecule has 0 N–H and O–H groups in total. The average molecular weight is 360 g/mol. The number of carbonyl (C=O) groups excluding carboxylic acids is 1. The smallest absolute Gasteiger partial charge is 0.263 e. The van der Waals surface area contributed by atoms with Crippen molar-refractivity contribution < 1.29 is 9.53 Å². The van der Waals surface area contributed by atoms with Crippen molar-refractivity contribution in [1.29, 1.82) is 0 Å². The fourth-order valence-electron chi connectivity index (χ4n) is 3.70. The third kappa shape index (κ3) is 3.80. The molecular weight excluding hydrogens is 336 g/mol. The van der Waals surface area contributed by atoms with Gasteiger partial charge < -0.3 is 9.64 Å². The Labute approximate surface area is 159 Å². The van der Waals surface area contributed by atoms with Crippen molar-refractivity contribution in [3.05, 3.63) is 60.8 Å². The molecule has 0 radical (unpaired) electrons. The van der Waals surface area contributed by atoms with E-state index in [9.17, 15) is 4.79 Å². The third-order valence-corrected chi connectivity index (χ3v) is 5.13. The van der Waals surface area contributed by atoms with Crippen LogP contribution in [0.5, 0.6) is 5.75 Å². The van der Waals surface area contributed by atoms with Crippen LogP contribution >= 0.6 is 0 Å². The summed E-state index contributed by atoms with van der Waals surface area (Å²) in [6.07, 6.45) is 4.70. The zero-order chi connectivity index (χ0) is 18.6. The van der Waals surface area contributed by atoms with Gasteiger partial charge >= 0.3 is 0 Å². The number of amides is 1. The lowest BCUT2D eigenvalue weighted by Crippen LogP contribution is -2.43. The van der Waals surface area contributed by atoms with E-state index in [1.165, 1.54) is 6.42 Å². The second kappa shape index (κ2) is 7.78. The molecule has 1 aromatic heterocycles. The van der Waals surface area contributed by atoms with Gasteiger partial charge in [0.05, 0.1) is 5.52 Å². The van der Waals surface area contributed by atoms with Crippen molar-refractivity contribution in [2.45, 2.75) is 32.3 Å². The highest BCUT2D eigenvalue weighted by atomic mass is 16.5. The quantitative estimate of drug-likeness (QED) is 0.678. The zero-order valence-corrected chi connectivity index (χ0v) is 15.6. The van der Waals surface area contributed by atoms with E-state index in [2.05, 4.69) is 17.1 Å². The summed E-state index contributed by atoms with van der Waals surface area (Å²) in [6, 6.07) is 18.2. The molecule has 1 aliphatic heterocycles. The van der Waals surface area contributed by atoms with Crippen LogP contribution in [0, 0.1) is 0 Å². The van der Waals surface area contributed by atoms with Crippen molar-refractivity contribution in [1.82, 2.24) is 9.88 Å². The summed E-state index contributed by atoms with van der Waals surface area (Å²) >= 11 is 0. The minimum atomic E-state index is -0.488. The first kappa shape index (κ1) is 17.5. The van der Waals surface area contributed by atoms with Gasteiger partial charge in [-0.05, 0) is 55.5 Å². The van der Waals surface area contributed by atoms with Gasteiger partial charge in [0.2, 0.25) is 0 Å². The number of hydrogen-bond acceptors (Lipinski definition) is 3. The molecule has 0 unspecified atom stereocenters. The Bertz CT molecular complexity index is 934. The minimum Gasteiger partial charge on any atom is -0.481 e. The van der Waals surface area contributed by atoms with Crippen molar-refractivity contribution in [3.8, 4) is 16.9 Å². The summed E-state index contributed by atoms with van der Waals surface area (Å²) in [7, 11) is 0. The SMILES string of the molecule is C[C@@H](Oc1ccc2c(-c3ccccc3)ccnc2c1)C(=O)N1CCCCC1. The molecule has 1 fully saturated rings. The van der Waals surface area contributed by atoms with Crippen molar-refractivity contribution in [2.24, 2.45) is 0 Å². The number of rotatable bonds is 4. The van der Waals surface area contributed by atoms with Gasteiger partial charge in [-0.2, -0.15) is 0 Å². The summed E-state index contributed by atoms with van der Waals surface area (Å²) in [5.74, 6) is 0.749. The van der Waals surface area contributed by atoms with Crippen LogP contribution in [-0.4, -0.2) is 35.0 Å². The number of likely N-dealkylation sites (tertiary alicyclic amines) is 1. The number of carbonyl (C=O) groups is 1. The van der Waals surface area contributed by atoms with Crippen molar-refractivity contribution in [3.63, 3.8) is 0 Å². The van der Waals surface area contributed by atoms with Crippen LogP contribution < -0.4 is 4.74 Å². The Balaban J connectivity index is 1.56. The molecule has 0 spiro atoms. The lowest BCUT2D eigenvalue weighted by molar-refractivity contribution is -0.138. The number of benzene rings is 2. The van der Waals surface area contributed by atoms with E-state index < -0.39 is 6.10 Å². The average Bonchev–Trinajstić information content (AvgIpc) is 2.74. The van der Waals surface area contributed by atoms with Gasteiger partial charge in [0.25, 0.3) is 5.91 Å². The second-order valence-corrected chi connectivity index (χ2v) is 7.05. The molecule has 2 heterocycles. The predicted molar refractivity (Wildman–Crippen MR) is 108 cm³/mol. The van der Waals surface area contributed by atoms with Crippen LogP contribution in [0.1, 0.15) is 26.2 Å². The molecule has 0 saturated carbocycles. The van der Waals surface area contributed by atoms with Crippen LogP contribution in [0.3, 0.4) is 0 Å². The number of piperidine rings is 1. The first-order valence-corrected chi connectivity index (χ1v) is 9.62. The summed E-state index contributed by atoms with van der Waals surface area (Å²) in [4.78, 5) is 19.0. The maximum absolute atomic E-state index is 12.6. The summed E-state index contributed by atoms with van der Waals surface area (Å²) in [6.45, 7) is 3.51. The van der Waals surface area contributed by atoms with Gasteiger partial charge in [0.1, 0.15) is 5.75 Å². The first-order chi connectivity index (χ1) is 13.2. The maximum Gasteiger partial charge on any atom is 0.263 e. The molecule has 4 heteroatoms. The molecule has 1 saturated heterocycles. The highest BCUT2D eigenvalue weighted by Crippen LogP contribution is 2.29. The molecule has 1 amide bonds. The normalized spacial score (nSPS) is 15.5. The number of pyridine rings is 1. The summed E-state index contributed by atoms with van der Waals surface area (Å²) in [5, 5.41) is 1.08. The molecule has 4 rings (SSSR count). The van der Waals surface area contributed by atoms with Crippen molar-refractivity contribution in [2.75, 3.05) is 13.1 Å². The molecule has 1 aliphatic rings. The first-order valence-electron chi connectivity index (χ1n) is 9.62. The van der Waals surface area contributed by atoms with E-state index in [4.69, 9.17) is 4.74 Å².